The van der Waals surface area contributed by atoms with Crippen LogP contribution in [0.3, 0.4) is 0 Å². The summed E-state index contributed by atoms with van der Waals surface area (Å²) in [7, 11) is -3.19. The lowest BCUT2D eigenvalue weighted by molar-refractivity contribution is 0.557. The molecule has 1 aromatic carbocycles. The van der Waals surface area contributed by atoms with E-state index in [1.54, 1.807) is 12.1 Å². The molecule has 0 atom stereocenters. The third-order valence-electron chi connectivity index (χ3n) is 2.57. The first-order chi connectivity index (χ1) is 7.91. The number of hydrogen-bond donors (Lipinski definition) is 0. The van der Waals surface area contributed by atoms with Crippen molar-refractivity contribution in [2.45, 2.75) is 32.4 Å². The van der Waals surface area contributed by atoms with Crippen molar-refractivity contribution in [3.05, 3.63) is 35.6 Å². The second kappa shape index (κ2) is 6.15. The standard InChI is InChI=1S/C13H19FO2S/c1-11(2)6-5-9-17(15,16)10-12-7-3-4-8-13(12)14/h3-4,7-8,11H,5-6,9-10H2,1-2H3. The first-order valence-corrected chi connectivity index (χ1v) is 7.66. The van der Waals surface area contributed by atoms with E-state index >= 15 is 0 Å². The van der Waals surface area contributed by atoms with E-state index in [1.165, 1.54) is 12.1 Å². The van der Waals surface area contributed by atoms with Gasteiger partial charge in [0.15, 0.2) is 9.84 Å². The molecule has 0 heterocycles. The smallest absolute Gasteiger partial charge is 0.154 e. The molecular weight excluding hydrogens is 239 g/mol. The Hall–Kier alpha value is -0.900. The van der Waals surface area contributed by atoms with Crippen LogP contribution in [0.2, 0.25) is 0 Å². The first-order valence-electron chi connectivity index (χ1n) is 5.84. The Balaban J connectivity index is 2.58. The highest BCUT2D eigenvalue weighted by Gasteiger charge is 2.14. The molecule has 0 spiro atoms. The van der Waals surface area contributed by atoms with Crippen molar-refractivity contribution in [1.29, 1.82) is 0 Å². The molecule has 0 fully saturated rings. The fourth-order valence-corrected chi connectivity index (χ4v) is 3.09. The quantitative estimate of drug-likeness (QED) is 0.785. The van der Waals surface area contributed by atoms with Crippen molar-refractivity contribution in [1.82, 2.24) is 0 Å². The Kier molecular flexibility index (Phi) is 5.12. The highest BCUT2D eigenvalue weighted by molar-refractivity contribution is 7.90. The zero-order valence-corrected chi connectivity index (χ0v) is 11.1. The number of benzene rings is 1. The minimum atomic E-state index is -3.19. The van der Waals surface area contributed by atoms with E-state index in [1.807, 2.05) is 0 Å². The topological polar surface area (TPSA) is 34.1 Å². The van der Waals surface area contributed by atoms with Crippen LogP contribution in [0.15, 0.2) is 24.3 Å². The van der Waals surface area contributed by atoms with Crippen molar-refractivity contribution < 1.29 is 12.8 Å². The monoisotopic (exact) mass is 258 g/mol. The highest BCUT2D eigenvalue weighted by atomic mass is 32.2. The molecule has 0 aliphatic heterocycles. The van der Waals surface area contributed by atoms with E-state index in [9.17, 15) is 12.8 Å². The summed E-state index contributed by atoms with van der Waals surface area (Å²) >= 11 is 0. The summed E-state index contributed by atoms with van der Waals surface area (Å²) in [4.78, 5) is 0. The van der Waals surface area contributed by atoms with Crippen molar-refractivity contribution in [3.8, 4) is 0 Å². The molecule has 0 aliphatic rings. The molecule has 0 N–H and O–H groups in total. The molecule has 2 nitrogen and oxygen atoms in total. The summed E-state index contributed by atoms with van der Waals surface area (Å²) in [5.74, 6) is -0.00400. The van der Waals surface area contributed by atoms with Crippen LogP contribution in [0.25, 0.3) is 0 Å². The average molecular weight is 258 g/mol. The molecule has 0 aromatic heterocycles. The Morgan fingerprint density at radius 1 is 1.24 bits per heavy atom. The molecule has 0 bridgehead atoms. The maximum atomic E-state index is 13.3. The van der Waals surface area contributed by atoms with Gasteiger partial charge >= 0.3 is 0 Å². The van der Waals surface area contributed by atoms with E-state index in [0.29, 0.717) is 12.3 Å². The number of hydrogen-bond acceptors (Lipinski definition) is 2. The van der Waals surface area contributed by atoms with E-state index in [4.69, 9.17) is 0 Å². The van der Waals surface area contributed by atoms with Gasteiger partial charge in [-0.05, 0) is 18.4 Å². The maximum Gasteiger partial charge on any atom is 0.154 e. The second-order valence-electron chi connectivity index (χ2n) is 4.72. The van der Waals surface area contributed by atoms with Gasteiger partial charge in [-0.1, -0.05) is 38.5 Å². The molecule has 0 saturated carbocycles. The van der Waals surface area contributed by atoms with Gasteiger partial charge in [0.25, 0.3) is 0 Å². The zero-order valence-electron chi connectivity index (χ0n) is 10.3. The lowest BCUT2D eigenvalue weighted by Gasteiger charge is -2.07. The number of sulfone groups is 1. The van der Waals surface area contributed by atoms with Gasteiger partial charge in [0.2, 0.25) is 0 Å². The van der Waals surface area contributed by atoms with E-state index in [0.717, 1.165) is 6.42 Å². The molecule has 0 amide bonds. The third kappa shape index (κ3) is 5.31. The molecule has 4 heteroatoms. The van der Waals surface area contributed by atoms with Crippen molar-refractivity contribution >= 4 is 9.84 Å². The second-order valence-corrected chi connectivity index (χ2v) is 6.90. The first kappa shape index (κ1) is 14.2. The van der Waals surface area contributed by atoms with Crippen LogP contribution in [-0.2, 0) is 15.6 Å². The fraction of sp³-hybridized carbons (Fsp3) is 0.538. The van der Waals surface area contributed by atoms with Gasteiger partial charge in [0, 0.05) is 5.56 Å². The predicted molar refractivity (Wildman–Crippen MR) is 68.0 cm³/mol. The van der Waals surface area contributed by atoms with Gasteiger partial charge in [0.1, 0.15) is 5.82 Å². The fourth-order valence-electron chi connectivity index (χ4n) is 1.64. The summed E-state index contributed by atoms with van der Waals surface area (Å²) in [5, 5.41) is 0. The van der Waals surface area contributed by atoms with Crippen LogP contribution < -0.4 is 0 Å². The van der Waals surface area contributed by atoms with Gasteiger partial charge in [-0.15, -0.1) is 0 Å². The van der Waals surface area contributed by atoms with E-state index < -0.39 is 15.7 Å². The minimum absolute atomic E-state index is 0.138. The van der Waals surface area contributed by atoms with Crippen molar-refractivity contribution in [2.75, 3.05) is 5.75 Å². The van der Waals surface area contributed by atoms with Crippen molar-refractivity contribution in [3.63, 3.8) is 0 Å². The summed E-state index contributed by atoms with van der Waals surface area (Å²) in [6.45, 7) is 4.12. The van der Waals surface area contributed by atoms with Gasteiger partial charge < -0.3 is 0 Å². The maximum absolute atomic E-state index is 13.3. The normalized spacial score (nSPS) is 12.0. The Labute approximate surface area is 103 Å². The summed E-state index contributed by atoms with van der Waals surface area (Å²) in [5.41, 5.74) is 0.261. The van der Waals surface area contributed by atoms with Crippen LogP contribution in [0.1, 0.15) is 32.3 Å². The Morgan fingerprint density at radius 2 is 1.88 bits per heavy atom. The zero-order chi connectivity index (χ0) is 12.9. The summed E-state index contributed by atoms with van der Waals surface area (Å²) in [6, 6.07) is 6.03. The van der Waals surface area contributed by atoms with Crippen LogP contribution in [0.4, 0.5) is 4.39 Å². The van der Waals surface area contributed by atoms with E-state index in [2.05, 4.69) is 13.8 Å². The molecule has 0 aliphatic carbocycles. The molecule has 0 radical (unpaired) electrons. The molecule has 17 heavy (non-hydrogen) atoms. The van der Waals surface area contributed by atoms with E-state index in [-0.39, 0.29) is 17.1 Å². The van der Waals surface area contributed by atoms with Crippen LogP contribution in [0, 0.1) is 11.7 Å². The molecular formula is C13H19FO2S. The lowest BCUT2D eigenvalue weighted by atomic mass is 10.1. The predicted octanol–water partition coefficient (Wildman–Crippen LogP) is 3.18. The number of halogens is 1. The lowest BCUT2D eigenvalue weighted by Crippen LogP contribution is -2.11. The van der Waals surface area contributed by atoms with Crippen LogP contribution in [0.5, 0.6) is 0 Å². The molecule has 96 valence electrons. The molecule has 0 saturated heterocycles. The van der Waals surface area contributed by atoms with Gasteiger partial charge in [-0.2, -0.15) is 0 Å². The Bertz CT molecular complexity index is 452. The molecule has 1 aromatic rings. The van der Waals surface area contributed by atoms with Gasteiger partial charge in [0.05, 0.1) is 11.5 Å². The van der Waals surface area contributed by atoms with Crippen molar-refractivity contribution in [2.24, 2.45) is 5.92 Å². The molecule has 1 rings (SSSR count). The average Bonchev–Trinajstić information content (AvgIpc) is 2.20. The van der Waals surface area contributed by atoms with Crippen LogP contribution in [-0.4, -0.2) is 14.2 Å². The Morgan fingerprint density at radius 3 is 2.47 bits per heavy atom. The highest BCUT2D eigenvalue weighted by Crippen LogP contribution is 2.13. The summed E-state index contributed by atoms with van der Waals surface area (Å²) in [6.07, 6.45) is 1.53. The third-order valence-corrected chi connectivity index (χ3v) is 4.23. The largest absolute Gasteiger partial charge is 0.228 e. The molecule has 0 unspecified atom stereocenters. The SMILES string of the molecule is CC(C)CCCS(=O)(=O)Cc1ccccc1F. The number of rotatable bonds is 6. The van der Waals surface area contributed by atoms with Crippen LogP contribution >= 0.6 is 0 Å². The van der Waals surface area contributed by atoms with Gasteiger partial charge in [-0.3, -0.25) is 0 Å². The minimum Gasteiger partial charge on any atom is -0.228 e. The van der Waals surface area contributed by atoms with Gasteiger partial charge in [-0.25, -0.2) is 12.8 Å². The summed E-state index contributed by atoms with van der Waals surface area (Å²) < 4.78 is 36.8.